The molecule has 0 unspecified atom stereocenters. The van der Waals surface area contributed by atoms with Crippen LogP contribution in [0.5, 0.6) is 5.75 Å². The number of hydrogen-bond donors (Lipinski definition) is 1. The number of para-hydroxylation sites is 1. The SMILES string of the molecule is COc1cccc2cc(C(=O)N/N=C\c3ccc(-c4ccc(C#N)cc4)o3)oc12. The fourth-order valence-corrected chi connectivity index (χ4v) is 2.80. The summed E-state index contributed by atoms with van der Waals surface area (Å²) in [5.74, 6) is 1.29. The minimum absolute atomic E-state index is 0.124. The van der Waals surface area contributed by atoms with Gasteiger partial charge in [-0.1, -0.05) is 12.1 Å². The summed E-state index contributed by atoms with van der Waals surface area (Å²) in [5.41, 5.74) is 4.33. The van der Waals surface area contributed by atoms with Crippen molar-refractivity contribution in [3.63, 3.8) is 0 Å². The highest BCUT2D eigenvalue weighted by Gasteiger charge is 2.14. The van der Waals surface area contributed by atoms with Gasteiger partial charge in [0, 0.05) is 10.9 Å². The molecule has 2 aromatic heterocycles. The summed E-state index contributed by atoms with van der Waals surface area (Å²) >= 11 is 0. The van der Waals surface area contributed by atoms with Crippen LogP contribution in [0.25, 0.3) is 22.3 Å². The largest absolute Gasteiger partial charge is 0.493 e. The second kappa shape index (κ2) is 7.74. The van der Waals surface area contributed by atoms with E-state index in [1.807, 2.05) is 12.1 Å². The van der Waals surface area contributed by atoms with Crippen molar-refractivity contribution in [2.45, 2.75) is 0 Å². The van der Waals surface area contributed by atoms with Gasteiger partial charge in [0.25, 0.3) is 0 Å². The third kappa shape index (κ3) is 3.73. The van der Waals surface area contributed by atoms with Gasteiger partial charge in [-0.25, -0.2) is 5.43 Å². The molecule has 2 aromatic carbocycles. The number of carbonyl (C=O) groups is 1. The van der Waals surface area contributed by atoms with Gasteiger partial charge < -0.3 is 13.6 Å². The molecule has 0 aliphatic rings. The number of hydrogen-bond acceptors (Lipinski definition) is 6. The third-order valence-corrected chi connectivity index (χ3v) is 4.23. The summed E-state index contributed by atoms with van der Waals surface area (Å²) in [5, 5.41) is 13.5. The van der Waals surface area contributed by atoms with E-state index in [1.54, 1.807) is 48.5 Å². The Balaban J connectivity index is 1.44. The number of carbonyl (C=O) groups excluding carboxylic acids is 1. The first kappa shape index (κ1) is 18.1. The number of ether oxygens (including phenoxy) is 1. The summed E-state index contributed by atoms with van der Waals surface area (Å²) in [6, 6.07) is 19.7. The van der Waals surface area contributed by atoms with E-state index in [-0.39, 0.29) is 5.76 Å². The molecule has 142 valence electrons. The van der Waals surface area contributed by atoms with Crippen LogP contribution in [0, 0.1) is 11.3 Å². The second-order valence-corrected chi connectivity index (χ2v) is 6.08. The van der Waals surface area contributed by atoms with Gasteiger partial charge in [-0.3, -0.25) is 4.79 Å². The normalized spacial score (nSPS) is 10.9. The van der Waals surface area contributed by atoms with E-state index in [0.717, 1.165) is 10.9 Å². The number of benzene rings is 2. The number of amides is 1. The first-order chi connectivity index (χ1) is 14.2. The molecule has 29 heavy (non-hydrogen) atoms. The first-order valence-electron chi connectivity index (χ1n) is 8.68. The van der Waals surface area contributed by atoms with Crippen LogP contribution in [0.2, 0.25) is 0 Å². The summed E-state index contributed by atoms with van der Waals surface area (Å²) in [6.07, 6.45) is 1.40. The minimum Gasteiger partial charge on any atom is -0.493 e. The van der Waals surface area contributed by atoms with E-state index >= 15 is 0 Å². The molecule has 0 saturated heterocycles. The lowest BCUT2D eigenvalue weighted by Crippen LogP contribution is -2.16. The molecule has 0 bridgehead atoms. The molecule has 1 N–H and O–H groups in total. The number of nitrogens with zero attached hydrogens (tertiary/aromatic N) is 2. The zero-order valence-corrected chi connectivity index (χ0v) is 15.4. The van der Waals surface area contributed by atoms with Gasteiger partial charge in [-0.2, -0.15) is 10.4 Å². The Hall–Kier alpha value is -4.31. The summed E-state index contributed by atoms with van der Waals surface area (Å²) in [7, 11) is 1.54. The van der Waals surface area contributed by atoms with Gasteiger partial charge in [-0.15, -0.1) is 0 Å². The van der Waals surface area contributed by atoms with Crippen LogP contribution in [-0.2, 0) is 0 Å². The maximum absolute atomic E-state index is 12.3. The van der Waals surface area contributed by atoms with Crippen LogP contribution in [0.4, 0.5) is 0 Å². The average molecular weight is 385 g/mol. The molecule has 4 rings (SSSR count). The molecule has 2 heterocycles. The van der Waals surface area contributed by atoms with Crippen molar-refractivity contribution in [2.24, 2.45) is 5.10 Å². The summed E-state index contributed by atoms with van der Waals surface area (Å²) < 4.78 is 16.5. The quantitative estimate of drug-likeness (QED) is 0.407. The Labute approximate surface area is 165 Å². The van der Waals surface area contributed by atoms with Crippen molar-refractivity contribution < 1.29 is 18.4 Å². The summed E-state index contributed by atoms with van der Waals surface area (Å²) in [6.45, 7) is 0. The van der Waals surface area contributed by atoms with Crippen molar-refractivity contribution in [2.75, 3.05) is 7.11 Å². The predicted octanol–water partition coefficient (Wildman–Crippen LogP) is 4.34. The summed E-state index contributed by atoms with van der Waals surface area (Å²) in [4.78, 5) is 12.3. The molecule has 0 atom stereocenters. The topological polar surface area (TPSA) is 101 Å². The van der Waals surface area contributed by atoms with Crippen LogP contribution in [-0.4, -0.2) is 19.2 Å². The maximum Gasteiger partial charge on any atom is 0.307 e. The van der Waals surface area contributed by atoms with Crippen LogP contribution >= 0.6 is 0 Å². The number of methoxy groups -OCH3 is 1. The molecule has 4 aromatic rings. The molecular weight excluding hydrogens is 370 g/mol. The minimum atomic E-state index is -0.488. The van der Waals surface area contributed by atoms with Crippen LogP contribution in [0.15, 0.2) is 74.6 Å². The Morgan fingerprint density at radius 3 is 2.72 bits per heavy atom. The zero-order valence-electron chi connectivity index (χ0n) is 15.4. The van der Waals surface area contributed by atoms with E-state index < -0.39 is 5.91 Å². The molecule has 0 aliphatic heterocycles. The molecule has 1 amide bonds. The molecule has 0 aliphatic carbocycles. The highest BCUT2D eigenvalue weighted by atomic mass is 16.5. The molecule has 7 heteroatoms. The fourth-order valence-electron chi connectivity index (χ4n) is 2.80. The number of furan rings is 2. The van der Waals surface area contributed by atoms with Crippen molar-refractivity contribution in [1.29, 1.82) is 5.26 Å². The number of fused-ring (bicyclic) bond motifs is 1. The van der Waals surface area contributed by atoms with E-state index in [1.165, 1.54) is 13.3 Å². The third-order valence-electron chi connectivity index (χ3n) is 4.23. The van der Waals surface area contributed by atoms with Crippen molar-refractivity contribution >= 4 is 23.1 Å². The van der Waals surface area contributed by atoms with E-state index in [9.17, 15) is 4.79 Å². The van der Waals surface area contributed by atoms with Gasteiger partial charge in [0.15, 0.2) is 17.1 Å². The molecular formula is C22H15N3O4. The van der Waals surface area contributed by atoms with Gasteiger partial charge in [-0.05, 0) is 48.5 Å². The molecule has 0 fully saturated rings. The zero-order chi connectivity index (χ0) is 20.2. The lowest BCUT2D eigenvalue weighted by Gasteiger charge is -1.98. The second-order valence-electron chi connectivity index (χ2n) is 6.08. The van der Waals surface area contributed by atoms with E-state index in [2.05, 4.69) is 16.6 Å². The number of hydrazone groups is 1. The molecule has 7 nitrogen and oxygen atoms in total. The Morgan fingerprint density at radius 1 is 1.14 bits per heavy atom. The number of nitriles is 1. The monoisotopic (exact) mass is 385 g/mol. The number of rotatable bonds is 5. The highest BCUT2D eigenvalue weighted by Crippen LogP contribution is 2.28. The van der Waals surface area contributed by atoms with Crippen molar-refractivity contribution in [3.8, 4) is 23.1 Å². The van der Waals surface area contributed by atoms with Crippen molar-refractivity contribution in [3.05, 3.63) is 77.7 Å². The van der Waals surface area contributed by atoms with Gasteiger partial charge in [0.1, 0.15) is 11.5 Å². The number of nitrogens with one attached hydrogen (secondary N) is 1. The predicted molar refractivity (Wildman–Crippen MR) is 107 cm³/mol. The molecule has 0 spiro atoms. The fraction of sp³-hybridized carbons (Fsp3) is 0.0455. The van der Waals surface area contributed by atoms with E-state index in [4.69, 9.17) is 18.8 Å². The Kier molecular flexibility index (Phi) is 4.82. The van der Waals surface area contributed by atoms with Crippen LogP contribution in [0.3, 0.4) is 0 Å². The standard InChI is InChI=1S/C22H15N3O4/c1-27-19-4-2-3-16-11-20(29-21(16)19)22(26)25-24-13-17-9-10-18(28-17)15-7-5-14(12-23)6-8-15/h2-11,13H,1H3,(H,25,26)/b24-13-. The van der Waals surface area contributed by atoms with Crippen LogP contribution in [0.1, 0.15) is 21.9 Å². The maximum atomic E-state index is 12.3. The van der Waals surface area contributed by atoms with E-state index in [0.29, 0.717) is 28.4 Å². The smallest absolute Gasteiger partial charge is 0.307 e. The highest BCUT2D eigenvalue weighted by molar-refractivity contribution is 5.97. The van der Waals surface area contributed by atoms with Crippen LogP contribution < -0.4 is 10.2 Å². The van der Waals surface area contributed by atoms with Gasteiger partial charge >= 0.3 is 5.91 Å². The lowest BCUT2D eigenvalue weighted by atomic mass is 10.1. The molecule has 0 saturated carbocycles. The Morgan fingerprint density at radius 2 is 1.97 bits per heavy atom. The van der Waals surface area contributed by atoms with Gasteiger partial charge in [0.05, 0.1) is 25.0 Å². The Bertz CT molecular complexity index is 1240. The molecule has 0 radical (unpaired) electrons. The first-order valence-corrected chi connectivity index (χ1v) is 8.68. The van der Waals surface area contributed by atoms with Crippen molar-refractivity contribution in [1.82, 2.24) is 5.43 Å². The lowest BCUT2D eigenvalue weighted by molar-refractivity contribution is 0.0929. The van der Waals surface area contributed by atoms with Gasteiger partial charge in [0.2, 0.25) is 0 Å². The average Bonchev–Trinajstić information content (AvgIpc) is 3.40.